The number of hydrogen-bond donors (Lipinski definition) is 0. The van der Waals surface area contributed by atoms with E-state index in [1.807, 2.05) is 6.92 Å². The number of aryl methyl sites for hydroxylation is 1. The average Bonchev–Trinajstić information content (AvgIpc) is 3.01. The number of methoxy groups -OCH3 is 1. The zero-order valence-corrected chi connectivity index (χ0v) is 13.4. The van der Waals surface area contributed by atoms with E-state index in [9.17, 15) is 4.79 Å². The predicted molar refractivity (Wildman–Crippen MR) is 83.2 cm³/mol. The molecule has 0 aliphatic carbocycles. The first-order valence-electron chi connectivity index (χ1n) is 7.77. The molecule has 0 N–H and O–H groups in total. The summed E-state index contributed by atoms with van der Waals surface area (Å²) in [5.74, 6) is 0.986. The van der Waals surface area contributed by atoms with E-state index in [1.54, 1.807) is 23.9 Å². The van der Waals surface area contributed by atoms with Crippen LogP contribution in [0.25, 0.3) is 0 Å². The Labute approximate surface area is 134 Å². The smallest absolute Gasteiger partial charge is 0.324 e. The van der Waals surface area contributed by atoms with E-state index >= 15 is 0 Å². The van der Waals surface area contributed by atoms with Crippen LogP contribution in [0.15, 0.2) is 21.5 Å². The van der Waals surface area contributed by atoms with Gasteiger partial charge in [-0.1, -0.05) is 5.16 Å². The van der Waals surface area contributed by atoms with E-state index < -0.39 is 0 Å². The summed E-state index contributed by atoms with van der Waals surface area (Å²) in [6.45, 7) is 4.57. The number of rotatable bonds is 5. The third-order valence-electron chi connectivity index (χ3n) is 4.05. The van der Waals surface area contributed by atoms with Crippen molar-refractivity contribution < 1.29 is 9.26 Å². The van der Waals surface area contributed by atoms with E-state index in [0.29, 0.717) is 30.9 Å². The standard InChI is InChI=1S/C15H21N5O3/c1-11-3-4-14(21)20(17-11)9-12-5-7-19(8-6-12)15-16-13(10-22-2)18-23-15/h3-4,12H,5-10H2,1-2H3. The lowest BCUT2D eigenvalue weighted by Crippen LogP contribution is -2.37. The van der Waals surface area contributed by atoms with Gasteiger partial charge in [-0.05, 0) is 31.7 Å². The largest absolute Gasteiger partial charge is 0.377 e. The second-order valence-electron chi connectivity index (χ2n) is 5.85. The molecule has 8 heteroatoms. The molecule has 0 atom stereocenters. The van der Waals surface area contributed by atoms with Crippen molar-refractivity contribution in [2.24, 2.45) is 5.92 Å². The van der Waals surface area contributed by atoms with Crippen molar-refractivity contribution in [1.82, 2.24) is 19.9 Å². The molecule has 0 saturated carbocycles. The highest BCUT2D eigenvalue weighted by molar-refractivity contribution is 5.25. The van der Waals surface area contributed by atoms with Gasteiger partial charge >= 0.3 is 6.01 Å². The van der Waals surface area contributed by atoms with E-state index in [-0.39, 0.29) is 5.56 Å². The van der Waals surface area contributed by atoms with Gasteiger partial charge in [0, 0.05) is 32.8 Å². The minimum Gasteiger partial charge on any atom is -0.377 e. The average molecular weight is 319 g/mol. The van der Waals surface area contributed by atoms with Gasteiger partial charge in [0.2, 0.25) is 0 Å². The van der Waals surface area contributed by atoms with Crippen LogP contribution in [0.1, 0.15) is 24.4 Å². The first-order valence-corrected chi connectivity index (χ1v) is 7.77. The first kappa shape index (κ1) is 15.7. The van der Waals surface area contributed by atoms with Crippen LogP contribution in [0, 0.1) is 12.8 Å². The molecule has 1 aliphatic heterocycles. The molecular formula is C15H21N5O3. The minimum atomic E-state index is -0.0425. The number of nitrogens with zero attached hydrogens (tertiary/aromatic N) is 5. The highest BCUT2D eigenvalue weighted by Crippen LogP contribution is 2.22. The molecule has 124 valence electrons. The zero-order chi connectivity index (χ0) is 16.2. The summed E-state index contributed by atoms with van der Waals surface area (Å²) in [7, 11) is 1.60. The maximum absolute atomic E-state index is 11.8. The van der Waals surface area contributed by atoms with E-state index in [0.717, 1.165) is 31.6 Å². The Morgan fingerprint density at radius 2 is 2.13 bits per heavy atom. The molecule has 0 unspecified atom stereocenters. The molecule has 0 aromatic carbocycles. The maximum Gasteiger partial charge on any atom is 0.324 e. The Morgan fingerprint density at radius 1 is 1.35 bits per heavy atom. The fourth-order valence-electron chi connectivity index (χ4n) is 2.79. The molecule has 2 aromatic rings. The van der Waals surface area contributed by atoms with Crippen molar-refractivity contribution in [2.45, 2.75) is 32.9 Å². The van der Waals surface area contributed by atoms with E-state index in [1.165, 1.54) is 0 Å². The zero-order valence-electron chi connectivity index (χ0n) is 13.4. The summed E-state index contributed by atoms with van der Waals surface area (Å²) >= 11 is 0. The van der Waals surface area contributed by atoms with Crippen LogP contribution in [0.4, 0.5) is 6.01 Å². The van der Waals surface area contributed by atoms with E-state index in [2.05, 4.69) is 20.1 Å². The molecule has 8 nitrogen and oxygen atoms in total. The van der Waals surface area contributed by atoms with Crippen LogP contribution < -0.4 is 10.5 Å². The Morgan fingerprint density at radius 3 is 2.87 bits per heavy atom. The van der Waals surface area contributed by atoms with Crippen molar-refractivity contribution in [3.05, 3.63) is 34.0 Å². The van der Waals surface area contributed by atoms with Crippen LogP contribution in [0.3, 0.4) is 0 Å². The number of ether oxygens (including phenoxy) is 1. The molecule has 0 amide bonds. The molecule has 1 aliphatic rings. The molecule has 3 rings (SSSR count). The molecule has 0 bridgehead atoms. The summed E-state index contributed by atoms with van der Waals surface area (Å²) in [4.78, 5) is 18.2. The second-order valence-corrected chi connectivity index (χ2v) is 5.85. The highest BCUT2D eigenvalue weighted by Gasteiger charge is 2.23. The fourth-order valence-corrected chi connectivity index (χ4v) is 2.79. The van der Waals surface area contributed by atoms with Gasteiger partial charge in [-0.3, -0.25) is 4.79 Å². The number of piperidine rings is 1. The van der Waals surface area contributed by atoms with Crippen LogP contribution in [0.5, 0.6) is 0 Å². The number of anilines is 1. The highest BCUT2D eigenvalue weighted by atomic mass is 16.5. The van der Waals surface area contributed by atoms with Gasteiger partial charge in [-0.2, -0.15) is 10.1 Å². The SMILES string of the molecule is COCc1noc(N2CCC(Cn3nc(C)ccc3=O)CC2)n1. The predicted octanol–water partition coefficient (Wildman–Crippen LogP) is 0.998. The van der Waals surface area contributed by atoms with Gasteiger partial charge in [-0.15, -0.1) is 0 Å². The lowest BCUT2D eigenvalue weighted by molar-refractivity contribution is 0.174. The van der Waals surface area contributed by atoms with Gasteiger partial charge in [0.05, 0.1) is 5.69 Å². The number of aromatic nitrogens is 4. The van der Waals surface area contributed by atoms with Crippen LogP contribution in [-0.2, 0) is 17.9 Å². The Bertz CT molecular complexity index is 703. The lowest BCUT2D eigenvalue weighted by Gasteiger charge is -2.30. The first-order chi connectivity index (χ1) is 11.2. The second kappa shape index (κ2) is 6.91. The monoisotopic (exact) mass is 319 g/mol. The Hall–Kier alpha value is -2.22. The molecule has 1 saturated heterocycles. The summed E-state index contributed by atoms with van der Waals surface area (Å²) in [5, 5.41) is 8.18. The fraction of sp³-hybridized carbons (Fsp3) is 0.600. The van der Waals surface area contributed by atoms with Crippen molar-refractivity contribution >= 4 is 6.01 Å². The Balaban J connectivity index is 1.57. The molecular weight excluding hydrogens is 298 g/mol. The van der Waals surface area contributed by atoms with Gasteiger partial charge in [0.25, 0.3) is 5.56 Å². The normalized spacial score (nSPS) is 16.0. The van der Waals surface area contributed by atoms with Crippen molar-refractivity contribution in [2.75, 3.05) is 25.1 Å². The van der Waals surface area contributed by atoms with Gasteiger partial charge < -0.3 is 14.2 Å². The molecule has 23 heavy (non-hydrogen) atoms. The van der Waals surface area contributed by atoms with Crippen molar-refractivity contribution in [3.8, 4) is 0 Å². The molecule has 1 fully saturated rings. The summed E-state index contributed by atoms with van der Waals surface area (Å²) in [5.41, 5.74) is 0.817. The van der Waals surface area contributed by atoms with E-state index in [4.69, 9.17) is 9.26 Å². The van der Waals surface area contributed by atoms with Gasteiger partial charge in [0.1, 0.15) is 6.61 Å². The number of hydrogen-bond acceptors (Lipinski definition) is 7. The minimum absolute atomic E-state index is 0.0425. The van der Waals surface area contributed by atoms with Crippen LogP contribution >= 0.6 is 0 Å². The summed E-state index contributed by atoms with van der Waals surface area (Å²) in [6.07, 6.45) is 1.92. The topological polar surface area (TPSA) is 86.3 Å². The van der Waals surface area contributed by atoms with Crippen LogP contribution in [0.2, 0.25) is 0 Å². The van der Waals surface area contributed by atoms with Gasteiger partial charge in [0.15, 0.2) is 5.82 Å². The summed E-state index contributed by atoms with van der Waals surface area (Å²) < 4.78 is 11.8. The quantitative estimate of drug-likeness (QED) is 0.812. The van der Waals surface area contributed by atoms with Gasteiger partial charge in [-0.25, -0.2) is 4.68 Å². The molecule has 0 radical (unpaired) electrons. The molecule has 0 spiro atoms. The molecule has 2 aromatic heterocycles. The third kappa shape index (κ3) is 3.76. The van der Waals surface area contributed by atoms with Crippen LogP contribution in [-0.4, -0.2) is 40.1 Å². The third-order valence-corrected chi connectivity index (χ3v) is 4.05. The summed E-state index contributed by atoms with van der Waals surface area (Å²) in [6, 6.07) is 3.86. The van der Waals surface area contributed by atoms with Crippen molar-refractivity contribution in [3.63, 3.8) is 0 Å². The van der Waals surface area contributed by atoms with Crippen molar-refractivity contribution in [1.29, 1.82) is 0 Å². The lowest BCUT2D eigenvalue weighted by atomic mass is 9.97. The Kier molecular flexibility index (Phi) is 4.71. The maximum atomic E-state index is 11.8. The molecule has 3 heterocycles.